The van der Waals surface area contributed by atoms with E-state index in [0.717, 1.165) is 0 Å². The van der Waals surface area contributed by atoms with Crippen LogP contribution in [0.25, 0.3) is 0 Å². The summed E-state index contributed by atoms with van der Waals surface area (Å²) in [5.74, 6) is -0.787. The van der Waals surface area contributed by atoms with Crippen molar-refractivity contribution in [3.05, 3.63) is 34.1 Å². The number of amides is 1. The minimum Gasteiger partial charge on any atom is -0.350 e. The molecule has 0 heterocycles. The van der Waals surface area contributed by atoms with E-state index in [4.69, 9.17) is 5.73 Å². The lowest BCUT2D eigenvalue weighted by Crippen LogP contribution is -2.45. The van der Waals surface area contributed by atoms with Crippen molar-refractivity contribution in [3.63, 3.8) is 0 Å². The van der Waals surface area contributed by atoms with E-state index in [1.807, 2.05) is 0 Å². The lowest BCUT2D eigenvalue weighted by molar-refractivity contribution is 0.0945. The zero-order chi connectivity index (χ0) is 12.3. The lowest BCUT2D eigenvalue weighted by atomic mass is 10.1. The van der Waals surface area contributed by atoms with E-state index >= 15 is 0 Å². The highest BCUT2D eigenvalue weighted by Gasteiger charge is 2.14. The number of hydrogen-bond acceptors (Lipinski definition) is 2. The van der Waals surface area contributed by atoms with Crippen molar-refractivity contribution in [1.29, 1.82) is 0 Å². The fourth-order valence-electron chi connectivity index (χ4n) is 1.05. The van der Waals surface area contributed by atoms with Crippen molar-refractivity contribution in [3.8, 4) is 0 Å². The molecular formula is C11H14BrFN2O. The van der Waals surface area contributed by atoms with E-state index in [-0.39, 0.29) is 11.5 Å². The summed E-state index contributed by atoms with van der Waals surface area (Å²) < 4.78 is 13.5. The maximum Gasteiger partial charge on any atom is 0.251 e. The van der Waals surface area contributed by atoms with Gasteiger partial charge in [0.05, 0.1) is 4.47 Å². The molecule has 0 unspecified atom stereocenters. The van der Waals surface area contributed by atoms with Gasteiger partial charge in [-0.05, 0) is 48.0 Å². The van der Waals surface area contributed by atoms with Crippen LogP contribution in [-0.2, 0) is 0 Å². The van der Waals surface area contributed by atoms with Crippen LogP contribution in [0.4, 0.5) is 4.39 Å². The Morgan fingerprint density at radius 2 is 2.19 bits per heavy atom. The zero-order valence-corrected chi connectivity index (χ0v) is 10.8. The number of halogens is 2. The lowest BCUT2D eigenvalue weighted by Gasteiger charge is -2.18. The number of nitrogens with one attached hydrogen (secondary N) is 1. The third-order valence-electron chi connectivity index (χ3n) is 1.89. The molecule has 1 aromatic carbocycles. The molecule has 0 aliphatic carbocycles. The van der Waals surface area contributed by atoms with E-state index in [9.17, 15) is 9.18 Å². The number of benzene rings is 1. The molecule has 0 bridgehead atoms. The average molecular weight is 289 g/mol. The first-order valence-electron chi connectivity index (χ1n) is 4.82. The van der Waals surface area contributed by atoms with Crippen molar-refractivity contribution in [1.82, 2.24) is 5.32 Å². The van der Waals surface area contributed by atoms with Crippen molar-refractivity contribution >= 4 is 21.8 Å². The zero-order valence-electron chi connectivity index (χ0n) is 9.18. The van der Waals surface area contributed by atoms with Gasteiger partial charge in [-0.3, -0.25) is 4.79 Å². The van der Waals surface area contributed by atoms with Crippen molar-refractivity contribution in [2.75, 3.05) is 6.54 Å². The third kappa shape index (κ3) is 3.90. The molecule has 0 aliphatic rings. The first kappa shape index (κ1) is 13.1. The Hall–Kier alpha value is -0.940. The standard InChI is InChI=1S/C11H14BrFN2O/c1-11(2,14)6-15-10(16)7-3-4-8(12)9(13)5-7/h3-5H,6,14H2,1-2H3,(H,15,16). The molecule has 0 fully saturated rings. The van der Waals surface area contributed by atoms with Gasteiger partial charge in [0.1, 0.15) is 5.82 Å². The summed E-state index contributed by atoms with van der Waals surface area (Å²) >= 11 is 3.02. The van der Waals surface area contributed by atoms with Crippen LogP contribution >= 0.6 is 15.9 Å². The van der Waals surface area contributed by atoms with Gasteiger partial charge in [-0.15, -0.1) is 0 Å². The van der Waals surface area contributed by atoms with E-state index in [1.54, 1.807) is 19.9 Å². The maximum absolute atomic E-state index is 13.2. The van der Waals surface area contributed by atoms with E-state index in [1.165, 1.54) is 12.1 Å². The van der Waals surface area contributed by atoms with Crippen LogP contribution in [0.5, 0.6) is 0 Å². The average Bonchev–Trinajstić information content (AvgIpc) is 2.17. The molecule has 3 nitrogen and oxygen atoms in total. The molecule has 0 saturated carbocycles. The Morgan fingerprint density at radius 1 is 1.56 bits per heavy atom. The van der Waals surface area contributed by atoms with Gasteiger partial charge in [-0.25, -0.2) is 4.39 Å². The summed E-state index contributed by atoms with van der Waals surface area (Å²) in [7, 11) is 0. The Balaban J connectivity index is 2.70. The monoisotopic (exact) mass is 288 g/mol. The van der Waals surface area contributed by atoms with Crippen LogP contribution in [0, 0.1) is 5.82 Å². The molecule has 0 aliphatic heterocycles. The van der Waals surface area contributed by atoms with Gasteiger partial charge >= 0.3 is 0 Å². The Labute approximate surface area is 102 Å². The van der Waals surface area contributed by atoms with Crippen LogP contribution in [-0.4, -0.2) is 18.0 Å². The highest BCUT2D eigenvalue weighted by molar-refractivity contribution is 9.10. The minimum absolute atomic E-state index is 0.282. The highest BCUT2D eigenvalue weighted by atomic mass is 79.9. The number of hydrogen-bond donors (Lipinski definition) is 2. The first-order valence-corrected chi connectivity index (χ1v) is 5.61. The third-order valence-corrected chi connectivity index (χ3v) is 2.53. The molecule has 1 rings (SSSR count). The first-order chi connectivity index (χ1) is 7.29. The molecule has 5 heteroatoms. The van der Waals surface area contributed by atoms with E-state index < -0.39 is 11.4 Å². The number of carbonyl (C=O) groups excluding carboxylic acids is 1. The molecule has 3 N–H and O–H groups in total. The normalized spacial score (nSPS) is 11.3. The molecule has 1 aromatic rings. The Bertz CT molecular complexity index is 401. The van der Waals surface area contributed by atoms with Crippen molar-refractivity contribution < 1.29 is 9.18 Å². The van der Waals surface area contributed by atoms with Gasteiger partial charge in [0, 0.05) is 17.6 Å². The molecule has 16 heavy (non-hydrogen) atoms. The van der Waals surface area contributed by atoms with Crippen LogP contribution in [0.3, 0.4) is 0 Å². The Kier molecular flexibility index (Phi) is 4.04. The molecule has 1 amide bonds. The molecule has 0 radical (unpaired) electrons. The van der Waals surface area contributed by atoms with Crippen LogP contribution < -0.4 is 11.1 Å². The quantitative estimate of drug-likeness (QED) is 0.895. The summed E-state index contributed by atoms with van der Waals surface area (Å²) in [5.41, 5.74) is 5.52. The molecule has 0 aromatic heterocycles. The second kappa shape index (κ2) is 4.93. The van der Waals surface area contributed by atoms with Crippen molar-refractivity contribution in [2.45, 2.75) is 19.4 Å². The SMILES string of the molecule is CC(C)(N)CNC(=O)c1ccc(Br)c(F)c1. The minimum atomic E-state index is -0.483. The van der Waals surface area contributed by atoms with Crippen LogP contribution in [0.2, 0.25) is 0 Å². The van der Waals surface area contributed by atoms with Crippen LogP contribution in [0.15, 0.2) is 22.7 Å². The second-order valence-corrected chi connectivity index (χ2v) is 5.15. The topological polar surface area (TPSA) is 55.1 Å². The van der Waals surface area contributed by atoms with Gasteiger partial charge in [-0.1, -0.05) is 0 Å². The van der Waals surface area contributed by atoms with Gasteiger partial charge in [0.25, 0.3) is 5.91 Å². The molecular weight excluding hydrogens is 275 g/mol. The van der Waals surface area contributed by atoms with Gasteiger partial charge < -0.3 is 11.1 Å². The largest absolute Gasteiger partial charge is 0.350 e. The number of nitrogens with two attached hydrogens (primary N) is 1. The Morgan fingerprint density at radius 3 is 2.69 bits per heavy atom. The fourth-order valence-corrected chi connectivity index (χ4v) is 1.29. The van der Waals surface area contributed by atoms with Crippen LogP contribution in [0.1, 0.15) is 24.2 Å². The van der Waals surface area contributed by atoms with Crippen molar-refractivity contribution in [2.24, 2.45) is 5.73 Å². The maximum atomic E-state index is 13.2. The molecule has 0 atom stereocenters. The summed E-state index contributed by atoms with van der Waals surface area (Å²) in [6, 6.07) is 4.23. The summed E-state index contributed by atoms with van der Waals surface area (Å²) in [4.78, 5) is 11.6. The predicted octanol–water partition coefficient (Wildman–Crippen LogP) is 2.06. The summed E-state index contributed by atoms with van der Waals surface area (Å²) in [6.45, 7) is 3.94. The number of carbonyl (C=O) groups is 1. The fraction of sp³-hybridized carbons (Fsp3) is 0.364. The summed E-state index contributed by atoms with van der Waals surface area (Å²) in [6.07, 6.45) is 0. The number of rotatable bonds is 3. The molecule has 0 saturated heterocycles. The van der Waals surface area contributed by atoms with Gasteiger partial charge in [0.2, 0.25) is 0 Å². The molecule has 0 spiro atoms. The van der Waals surface area contributed by atoms with Gasteiger partial charge in [0.15, 0.2) is 0 Å². The van der Waals surface area contributed by atoms with E-state index in [0.29, 0.717) is 11.0 Å². The molecule has 88 valence electrons. The van der Waals surface area contributed by atoms with E-state index in [2.05, 4.69) is 21.2 Å². The van der Waals surface area contributed by atoms with Gasteiger partial charge in [-0.2, -0.15) is 0 Å². The smallest absolute Gasteiger partial charge is 0.251 e. The predicted molar refractivity (Wildman–Crippen MR) is 64.7 cm³/mol. The second-order valence-electron chi connectivity index (χ2n) is 4.30. The summed E-state index contributed by atoms with van der Waals surface area (Å²) in [5, 5.41) is 2.64. The highest BCUT2D eigenvalue weighted by Crippen LogP contribution is 2.16.